The van der Waals surface area contributed by atoms with Gasteiger partial charge < -0.3 is 25.0 Å². The van der Waals surface area contributed by atoms with Crippen molar-refractivity contribution in [1.82, 2.24) is 10.2 Å². The first-order chi connectivity index (χ1) is 12.1. The minimum Gasteiger partial charge on any atom is -0.493 e. The number of hydrogen-bond acceptors (Lipinski definition) is 4. The number of nitrogens with one attached hydrogen (secondary N) is 2. The molecule has 1 aliphatic heterocycles. The van der Waals surface area contributed by atoms with Gasteiger partial charge in [0.15, 0.2) is 11.5 Å². The molecule has 0 aliphatic carbocycles. The first-order valence-corrected chi connectivity index (χ1v) is 9.07. The van der Waals surface area contributed by atoms with E-state index in [1.54, 1.807) is 20.3 Å². The van der Waals surface area contributed by atoms with Crippen molar-refractivity contribution < 1.29 is 14.3 Å². The molecule has 0 bridgehead atoms. The summed E-state index contributed by atoms with van der Waals surface area (Å²) in [5, 5.41) is 5.91. The molecule has 1 fully saturated rings. The van der Waals surface area contributed by atoms with Crippen LogP contribution in [0, 0.1) is 12.8 Å². The van der Waals surface area contributed by atoms with Crippen LogP contribution in [0.2, 0.25) is 0 Å². The molecule has 1 aromatic carbocycles. The van der Waals surface area contributed by atoms with E-state index >= 15 is 0 Å². The van der Waals surface area contributed by atoms with Gasteiger partial charge in [-0.25, -0.2) is 4.79 Å². The zero-order valence-corrected chi connectivity index (χ0v) is 15.9. The Morgan fingerprint density at radius 1 is 1.20 bits per heavy atom. The van der Waals surface area contributed by atoms with Gasteiger partial charge in [0.1, 0.15) is 0 Å². The van der Waals surface area contributed by atoms with Crippen molar-refractivity contribution in [2.75, 3.05) is 45.7 Å². The summed E-state index contributed by atoms with van der Waals surface area (Å²) in [6.45, 7) is 8.32. The minimum atomic E-state index is -0.175. The summed E-state index contributed by atoms with van der Waals surface area (Å²) >= 11 is 0. The van der Waals surface area contributed by atoms with E-state index in [4.69, 9.17) is 9.47 Å². The number of aryl methyl sites for hydroxylation is 1. The van der Waals surface area contributed by atoms with Crippen LogP contribution in [0.25, 0.3) is 0 Å². The summed E-state index contributed by atoms with van der Waals surface area (Å²) < 4.78 is 10.6. The maximum Gasteiger partial charge on any atom is 0.319 e. The molecule has 25 heavy (non-hydrogen) atoms. The zero-order chi connectivity index (χ0) is 18.2. The summed E-state index contributed by atoms with van der Waals surface area (Å²) in [5.74, 6) is 1.82. The van der Waals surface area contributed by atoms with Crippen LogP contribution in [0.1, 0.15) is 31.7 Å². The first-order valence-electron chi connectivity index (χ1n) is 9.07. The fourth-order valence-corrected chi connectivity index (χ4v) is 3.25. The van der Waals surface area contributed by atoms with Gasteiger partial charge in [0.05, 0.1) is 14.2 Å². The number of carbonyl (C=O) groups excluding carboxylic acids is 1. The van der Waals surface area contributed by atoms with Crippen molar-refractivity contribution in [3.63, 3.8) is 0 Å². The molecule has 2 amide bonds. The fraction of sp³-hybridized carbons (Fsp3) is 0.632. The molecule has 0 spiro atoms. The topological polar surface area (TPSA) is 62.8 Å². The number of amides is 2. The van der Waals surface area contributed by atoms with Crippen LogP contribution in [0.15, 0.2) is 12.1 Å². The number of methoxy groups -OCH3 is 2. The smallest absolute Gasteiger partial charge is 0.319 e. The number of nitrogens with zero attached hydrogens (tertiary/aromatic N) is 1. The second-order valence-electron chi connectivity index (χ2n) is 6.64. The van der Waals surface area contributed by atoms with Crippen LogP contribution >= 0.6 is 0 Å². The van der Waals surface area contributed by atoms with E-state index in [1.165, 1.54) is 13.0 Å². The summed E-state index contributed by atoms with van der Waals surface area (Å²) in [4.78, 5) is 14.7. The highest BCUT2D eigenvalue weighted by molar-refractivity contribution is 5.90. The average molecular weight is 349 g/mol. The quantitative estimate of drug-likeness (QED) is 0.793. The molecule has 1 aromatic rings. The fourth-order valence-electron chi connectivity index (χ4n) is 3.25. The first kappa shape index (κ1) is 19.4. The van der Waals surface area contributed by atoms with Gasteiger partial charge in [0.25, 0.3) is 0 Å². The highest BCUT2D eigenvalue weighted by atomic mass is 16.5. The Bertz CT molecular complexity index is 569. The third-order valence-corrected chi connectivity index (χ3v) is 4.78. The molecule has 0 aromatic heterocycles. The van der Waals surface area contributed by atoms with Gasteiger partial charge in [-0.1, -0.05) is 6.92 Å². The van der Waals surface area contributed by atoms with Crippen molar-refractivity contribution in [3.8, 4) is 11.5 Å². The Labute approximate surface area is 150 Å². The average Bonchev–Trinajstić information content (AvgIpc) is 2.62. The molecular formula is C19H31N3O3. The SMILES string of the molecule is CCCN1CCC(CNC(=O)Nc2cc(OC)c(OC)cc2C)CC1. The zero-order valence-electron chi connectivity index (χ0n) is 15.9. The lowest BCUT2D eigenvalue weighted by Crippen LogP contribution is -2.40. The van der Waals surface area contributed by atoms with Gasteiger partial charge in [-0.3, -0.25) is 0 Å². The van der Waals surface area contributed by atoms with Crippen molar-refractivity contribution in [3.05, 3.63) is 17.7 Å². The largest absolute Gasteiger partial charge is 0.493 e. The Balaban J connectivity index is 1.83. The van der Waals surface area contributed by atoms with E-state index < -0.39 is 0 Å². The Kier molecular flexibility index (Phi) is 7.37. The second-order valence-corrected chi connectivity index (χ2v) is 6.64. The number of benzene rings is 1. The van der Waals surface area contributed by atoms with Gasteiger partial charge in [-0.15, -0.1) is 0 Å². The monoisotopic (exact) mass is 349 g/mol. The molecular weight excluding hydrogens is 318 g/mol. The van der Waals surface area contributed by atoms with Crippen LogP contribution in [-0.4, -0.2) is 51.3 Å². The van der Waals surface area contributed by atoms with Gasteiger partial charge in [0.2, 0.25) is 0 Å². The van der Waals surface area contributed by atoms with E-state index in [-0.39, 0.29) is 6.03 Å². The van der Waals surface area contributed by atoms with E-state index in [0.29, 0.717) is 17.4 Å². The Morgan fingerprint density at radius 3 is 2.44 bits per heavy atom. The number of urea groups is 1. The molecule has 6 heteroatoms. The van der Waals surface area contributed by atoms with E-state index in [2.05, 4.69) is 22.5 Å². The number of rotatable bonds is 7. The summed E-state index contributed by atoms with van der Waals surface area (Å²) in [5.41, 5.74) is 1.66. The third-order valence-electron chi connectivity index (χ3n) is 4.78. The number of hydrogen-bond donors (Lipinski definition) is 2. The van der Waals surface area contributed by atoms with Crippen molar-refractivity contribution in [1.29, 1.82) is 0 Å². The molecule has 2 rings (SSSR count). The molecule has 0 radical (unpaired) electrons. The molecule has 1 saturated heterocycles. The van der Waals surface area contributed by atoms with Gasteiger partial charge in [-0.2, -0.15) is 0 Å². The third kappa shape index (κ3) is 5.53. The van der Waals surface area contributed by atoms with Gasteiger partial charge >= 0.3 is 6.03 Å². The standard InChI is InChI=1S/C19H31N3O3/c1-5-8-22-9-6-15(7-10-22)13-20-19(23)21-16-12-18(25-4)17(24-3)11-14(16)2/h11-12,15H,5-10,13H2,1-4H3,(H2,20,21,23). The molecule has 2 N–H and O–H groups in total. The lowest BCUT2D eigenvalue weighted by molar-refractivity contribution is 0.182. The Morgan fingerprint density at radius 2 is 1.84 bits per heavy atom. The minimum absolute atomic E-state index is 0.175. The van der Waals surface area contributed by atoms with Crippen LogP contribution in [0.3, 0.4) is 0 Å². The van der Waals surface area contributed by atoms with E-state index in [1.807, 2.05) is 13.0 Å². The second kappa shape index (κ2) is 9.51. The highest BCUT2D eigenvalue weighted by Crippen LogP contribution is 2.32. The molecule has 0 unspecified atom stereocenters. The number of piperidine rings is 1. The highest BCUT2D eigenvalue weighted by Gasteiger charge is 2.19. The lowest BCUT2D eigenvalue weighted by Gasteiger charge is -2.31. The molecule has 0 saturated carbocycles. The molecule has 1 heterocycles. The normalized spacial score (nSPS) is 15.7. The molecule has 6 nitrogen and oxygen atoms in total. The lowest BCUT2D eigenvalue weighted by atomic mass is 9.97. The molecule has 1 aliphatic rings. The van der Waals surface area contributed by atoms with Crippen LogP contribution in [0.5, 0.6) is 11.5 Å². The predicted molar refractivity (Wildman–Crippen MR) is 101 cm³/mol. The number of carbonyl (C=O) groups is 1. The Hall–Kier alpha value is -1.95. The molecule has 0 atom stereocenters. The van der Waals surface area contributed by atoms with Crippen molar-refractivity contribution in [2.24, 2.45) is 5.92 Å². The number of likely N-dealkylation sites (tertiary alicyclic amines) is 1. The van der Waals surface area contributed by atoms with Crippen LogP contribution < -0.4 is 20.1 Å². The van der Waals surface area contributed by atoms with Crippen LogP contribution in [0.4, 0.5) is 10.5 Å². The van der Waals surface area contributed by atoms with Crippen molar-refractivity contribution >= 4 is 11.7 Å². The van der Waals surface area contributed by atoms with E-state index in [0.717, 1.165) is 43.7 Å². The predicted octanol–water partition coefficient (Wildman–Crippen LogP) is 3.26. The molecule has 140 valence electrons. The van der Waals surface area contributed by atoms with Gasteiger partial charge in [0, 0.05) is 18.3 Å². The number of anilines is 1. The van der Waals surface area contributed by atoms with Crippen LogP contribution in [-0.2, 0) is 0 Å². The number of ether oxygens (including phenoxy) is 2. The van der Waals surface area contributed by atoms with Crippen molar-refractivity contribution in [2.45, 2.75) is 33.1 Å². The summed E-state index contributed by atoms with van der Waals surface area (Å²) in [7, 11) is 3.19. The maximum absolute atomic E-state index is 12.2. The maximum atomic E-state index is 12.2. The van der Waals surface area contributed by atoms with Gasteiger partial charge in [-0.05, 0) is 63.4 Å². The summed E-state index contributed by atoms with van der Waals surface area (Å²) in [6, 6.07) is 3.47. The van der Waals surface area contributed by atoms with E-state index in [9.17, 15) is 4.79 Å². The summed E-state index contributed by atoms with van der Waals surface area (Å²) in [6.07, 6.45) is 3.50.